The molecule has 0 amide bonds. The molecule has 0 spiro atoms. The Bertz CT molecular complexity index is 494. The fourth-order valence-electron chi connectivity index (χ4n) is 2.25. The van der Waals surface area contributed by atoms with Crippen LogP contribution >= 0.6 is 0 Å². The van der Waals surface area contributed by atoms with Gasteiger partial charge in [-0.2, -0.15) is 0 Å². The molecule has 0 aliphatic carbocycles. The van der Waals surface area contributed by atoms with E-state index in [0.29, 0.717) is 18.8 Å². The van der Waals surface area contributed by atoms with Crippen LogP contribution in [-0.2, 0) is 14.3 Å². The topological polar surface area (TPSA) is 52.6 Å². The van der Waals surface area contributed by atoms with Crippen molar-refractivity contribution in [3.05, 3.63) is 48.0 Å². The summed E-state index contributed by atoms with van der Waals surface area (Å²) in [6.45, 7) is 2.28. The number of ether oxygens (including phenoxy) is 2. The molecule has 0 aromatic heterocycles. The minimum Gasteiger partial charge on any atom is -0.462 e. The monoisotopic (exact) mass is 332 g/mol. The first kappa shape index (κ1) is 19.9. The van der Waals surface area contributed by atoms with E-state index in [1.807, 2.05) is 24.3 Å². The van der Waals surface area contributed by atoms with Crippen LogP contribution in [0, 0.1) is 0 Å². The van der Waals surface area contributed by atoms with Gasteiger partial charge >= 0.3 is 11.9 Å². The summed E-state index contributed by atoms with van der Waals surface area (Å²) in [6, 6.07) is 9.09. The first-order chi connectivity index (χ1) is 11.7. The minimum atomic E-state index is -0.242. The number of hydrogen-bond acceptors (Lipinski definition) is 4. The lowest BCUT2D eigenvalue weighted by molar-refractivity contribution is -0.139. The van der Waals surface area contributed by atoms with Crippen LogP contribution < -0.4 is 0 Å². The smallest absolute Gasteiger partial charge is 0.338 e. The number of allylic oxidation sites excluding steroid dienone is 1. The molecule has 24 heavy (non-hydrogen) atoms. The summed E-state index contributed by atoms with van der Waals surface area (Å²) in [6.07, 6.45) is 11.7. The molecule has 0 heterocycles. The third kappa shape index (κ3) is 10.6. The van der Waals surface area contributed by atoms with Crippen LogP contribution in [0.3, 0.4) is 0 Å². The fourth-order valence-corrected chi connectivity index (χ4v) is 2.25. The van der Waals surface area contributed by atoms with Gasteiger partial charge in [0.05, 0.1) is 12.2 Å². The molecule has 0 radical (unpaired) electrons. The Morgan fingerprint density at radius 1 is 0.875 bits per heavy atom. The number of hydrogen-bond donors (Lipinski definition) is 0. The largest absolute Gasteiger partial charge is 0.462 e. The number of benzene rings is 1. The zero-order chi connectivity index (χ0) is 17.5. The normalized spacial score (nSPS) is 10.7. The molecule has 1 rings (SSSR count). The van der Waals surface area contributed by atoms with Crippen molar-refractivity contribution in [1.82, 2.24) is 0 Å². The third-order valence-electron chi connectivity index (χ3n) is 3.56. The molecule has 0 bridgehead atoms. The predicted octanol–water partition coefficient (Wildman–Crippen LogP) is 4.69. The SMILES string of the molecule is CC(=O)OC/C=C/CCCCCCCCOC(=O)c1ccccc1. The van der Waals surface area contributed by atoms with Crippen molar-refractivity contribution >= 4 is 11.9 Å². The molecule has 0 N–H and O–H groups in total. The minimum absolute atomic E-state index is 0.240. The van der Waals surface area contributed by atoms with Crippen molar-refractivity contribution in [3.63, 3.8) is 0 Å². The number of carbonyl (C=O) groups is 2. The molecule has 0 saturated carbocycles. The van der Waals surface area contributed by atoms with Gasteiger partial charge < -0.3 is 9.47 Å². The van der Waals surface area contributed by atoms with Crippen LogP contribution in [0.2, 0.25) is 0 Å². The van der Waals surface area contributed by atoms with Gasteiger partial charge in [-0.25, -0.2) is 4.79 Å². The Morgan fingerprint density at radius 2 is 1.54 bits per heavy atom. The Morgan fingerprint density at radius 3 is 2.25 bits per heavy atom. The molecule has 0 atom stereocenters. The summed E-state index contributed by atoms with van der Waals surface area (Å²) >= 11 is 0. The Hall–Kier alpha value is -2.10. The molecule has 4 nitrogen and oxygen atoms in total. The van der Waals surface area contributed by atoms with Gasteiger partial charge in [-0.15, -0.1) is 0 Å². The summed E-state index contributed by atoms with van der Waals surface area (Å²) in [7, 11) is 0. The molecule has 0 saturated heterocycles. The zero-order valence-corrected chi connectivity index (χ0v) is 14.5. The van der Waals surface area contributed by atoms with Crippen molar-refractivity contribution in [2.75, 3.05) is 13.2 Å². The lowest BCUT2D eigenvalue weighted by atomic mass is 10.1. The summed E-state index contributed by atoms with van der Waals surface area (Å²) in [5, 5.41) is 0. The summed E-state index contributed by atoms with van der Waals surface area (Å²) in [5.74, 6) is -0.481. The molecule has 0 aliphatic rings. The second-order valence-corrected chi connectivity index (χ2v) is 5.69. The Balaban J connectivity index is 1.87. The zero-order valence-electron chi connectivity index (χ0n) is 14.5. The first-order valence-electron chi connectivity index (χ1n) is 8.70. The van der Waals surface area contributed by atoms with E-state index >= 15 is 0 Å². The van der Waals surface area contributed by atoms with Crippen LogP contribution in [-0.4, -0.2) is 25.2 Å². The van der Waals surface area contributed by atoms with Crippen LogP contribution in [0.25, 0.3) is 0 Å². The first-order valence-corrected chi connectivity index (χ1v) is 8.70. The quantitative estimate of drug-likeness (QED) is 0.316. The average Bonchev–Trinajstić information content (AvgIpc) is 2.59. The Kier molecular flexibility index (Phi) is 11.1. The molecular weight excluding hydrogens is 304 g/mol. The van der Waals surface area contributed by atoms with E-state index < -0.39 is 0 Å². The van der Waals surface area contributed by atoms with E-state index in [0.717, 1.165) is 25.7 Å². The van der Waals surface area contributed by atoms with Crippen LogP contribution in [0.5, 0.6) is 0 Å². The van der Waals surface area contributed by atoms with Gasteiger partial charge in [-0.1, -0.05) is 56.0 Å². The van der Waals surface area contributed by atoms with Gasteiger partial charge in [0.2, 0.25) is 0 Å². The van der Waals surface area contributed by atoms with Crippen LogP contribution in [0.4, 0.5) is 0 Å². The molecule has 1 aromatic carbocycles. The van der Waals surface area contributed by atoms with E-state index in [-0.39, 0.29) is 11.9 Å². The van der Waals surface area contributed by atoms with Crippen molar-refractivity contribution in [1.29, 1.82) is 0 Å². The average molecular weight is 332 g/mol. The number of rotatable bonds is 12. The van der Waals surface area contributed by atoms with Gasteiger partial charge in [0, 0.05) is 6.92 Å². The Labute approximate surface area is 144 Å². The van der Waals surface area contributed by atoms with Crippen LogP contribution in [0.15, 0.2) is 42.5 Å². The molecule has 0 unspecified atom stereocenters. The maximum Gasteiger partial charge on any atom is 0.338 e. The van der Waals surface area contributed by atoms with Gasteiger partial charge in [0.15, 0.2) is 0 Å². The van der Waals surface area contributed by atoms with Crippen molar-refractivity contribution in [3.8, 4) is 0 Å². The second kappa shape index (κ2) is 13.3. The number of esters is 2. The van der Waals surface area contributed by atoms with E-state index in [2.05, 4.69) is 6.08 Å². The van der Waals surface area contributed by atoms with Crippen LogP contribution in [0.1, 0.15) is 62.2 Å². The van der Waals surface area contributed by atoms with Gasteiger partial charge in [-0.05, 0) is 31.4 Å². The van der Waals surface area contributed by atoms with Crippen molar-refractivity contribution < 1.29 is 19.1 Å². The second-order valence-electron chi connectivity index (χ2n) is 5.69. The highest BCUT2D eigenvalue weighted by atomic mass is 16.5. The highest BCUT2D eigenvalue weighted by Crippen LogP contribution is 2.08. The van der Waals surface area contributed by atoms with E-state index in [4.69, 9.17) is 9.47 Å². The van der Waals surface area contributed by atoms with E-state index in [1.54, 1.807) is 12.1 Å². The van der Waals surface area contributed by atoms with Gasteiger partial charge in [0.1, 0.15) is 6.61 Å². The van der Waals surface area contributed by atoms with Crippen molar-refractivity contribution in [2.24, 2.45) is 0 Å². The van der Waals surface area contributed by atoms with Gasteiger partial charge in [-0.3, -0.25) is 4.79 Å². The third-order valence-corrected chi connectivity index (χ3v) is 3.56. The molecular formula is C20H28O4. The molecule has 1 aromatic rings. The fraction of sp³-hybridized carbons (Fsp3) is 0.500. The lowest BCUT2D eigenvalue weighted by Crippen LogP contribution is -2.06. The lowest BCUT2D eigenvalue weighted by Gasteiger charge is -2.04. The summed E-state index contributed by atoms with van der Waals surface area (Å²) < 4.78 is 10.1. The highest BCUT2D eigenvalue weighted by molar-refractivity contribution is 5.89. The van der Waals surface area contributed by atoms with E-state index in [1.165, 1.54) is 26.2 Å². The molecule has 132 valence electrons. The molecule has 0 fully saturated rings. The predicted molar refractivity (Wildman–Crippen MR) is 94.8 cm³/mol. The maximum absolute atomic E-state index is 11.7. The standard InChI is InChI=1S/C20H28O4/c1-18(21)23-16-12-7-5-3-2-4-6-8-13-17-24-20(22)19-14-10-9-11-15-19/h7,9-12,14-15H,2-6,8,13,16-17H2,1H3/b12-7+. The number of unbranched alkanes of at least 4 members (excludes halogenated alkanes) is 6. The highest BCUT2D eigenvalue weighted by Gasteiger charge is 2.04. The van der Waals surface area contributed by atoms with Crippen molar-refractivity contribution in [2.45, 2.75) is 51.9 Å². The number of carbonyl (C=O) groups excluding carboxylic acids is 2. The summed E-state index contributed by atoms with van der Waals surface area (Å²) in [4.78, 5) is 22.3. The molecule has 4 heteroatoms. The maximum atomic E-state index is 11.7. The van der Waals surface area contributed by atoms with E-state index in [9.17, 15) is 9.59 Å². The molecule has 0 aliphatic heterocycles. The van der Waals surface area contributed by atoms with Gasteiger partial charge in [0.25, 0.3) is 0 Å². The summed E-state index contributed by atoms with van der Waals surface area (Å²) in [5.41, 5.74) is 0.610.